The molecule has 0 radical (unpaired) electrons. The molecular weight excluding hydrogens is 357 g/mol. The highest BCUT2D eigenvalue weighted by atomic mass is 35.5. The fraction of sp³-hybridized carbons (Fsp3) is 0.167. The lowest BCUT2D eigenvalue weighted by atomic mass is 10.0. The minimum atomic E-state index is -0.470. The molecule has 0 bridgehead atoms. The number of tetrazole rings is 1. The van der Waals surface area contributed by atoms with E-state index in [0.29, 0.717) is 28.9 Å². The molecule has 1 N–H and O–H groups in total. The Morgan fingerprint density at radius 3 is 2.88 bits per heavy atom. The number of rotatable bonds is 4. The standard InChI is InChI=1S/C18H15ClFN5O/c1-2-26-17-8-7-11(9-13(17)19)15-10-16(12-5-3-4-6-14(12)20)25-18(21-15)22-23-24-25/h3-10,16H,2H2,1H3,(H,21,22,24)/t16-/m0/s1. The molecule has 8 heteroatoms. The molecule has 1 atom stereocenters. The van der Waals surface area contributed by atoms with Gasteiger partial charge in [-0.3, -0.25) is 0 Å². The van der Waals surface area contributed by atoms with E-state index in [9.17, 15) is 4.39 Å². The number of benzene rings is 2. The van der Waals surface area contributed by atoms with Crippen LogP contribution in [-0.4, -0.2) is 26.8 Å². The molecule has 0 unspecified atom stereocenters. The number of hydrogen-bond acceptors (Lipinski definition) is 5. The molecule has 26 heavy (non-hydrogen) atoms. The molecule has 0 saturated carbocycles. The second kappa shape index (κ2) is 6.76. The highest BCUT2D eigenvalue weighted by molar-refractivity contribution is 6.32. The van der Waals surface area contributed by atoms with Gasteiger partial charge in [0, 0.05) is 11.3 Å². The maximum absolute atomic E-state index is 14.3. The van der Waals surface area contributed by atoms with Gasteiger partial charge >= 0.3 is 0 Å². The van der Waals surface area contributed by atoms with Gasteiger partial charge in [0.1, 0.15) is 17.6 Å². The molecule has 2 heterocycles. The Hall–Kier alpha value is -2.93. The van der Waals surface area contributed by atoms with E-state index in [0.717, 1.165) is 11.3 Å². The third-order valence-electron chi connectivity index (χ3n) is 4.09. The zero-order valence-electron chi connectivity index (χ0n) is 13.9. The maximum atomic E-state index is 14.3. The summed E-state index contributed by atoms with van der Waals surface area (Å²) in [6, 6.07) is 11.6. The van der Waals surface area contributed by atoms with Crippen molar-refractivity contribution in [2.75, 3.05) is 11.9 Å². The fourth-order valence-corrected chi connectivity index (χ4v) is 3.13. The van der Waals surface area contributed by atoms with Gasteiger partial charge in [-0.1, -0.05) is 34.9 Å². The van der Waals surface area contributed by atoms with Crippen LogP contribution in [0.5, 0.6) is 5.75 Å². The molecule has 2 aromatic carbocycles. The van der Waals surface area contributed by atoms with Crippen molar-refractivity contribution >= 4 is 23.2 Å². The molecular formula is C18H15ClFN5O. The van der Waals surface area contributed by atoms with Gasteiger partial charge < -0.3 is 10.1 Å². The van der Waals surface area contributed by atoms with Crippen molar-refractivity contribution in [3.63, 3.8) is 0 Å². The van der Waals surface area contributed by atoms with Crippen LogP contribution in [-0.2, 0) is 0 Å². The third-order valence-corrected chi connectivity index (χ3v) is 4.39. The monoisotopic (exact) mass is 371 g/mol. The number of ether oxygens (including phenoxy) is 1. The summed E-state index contributed by atoms with van der Waals surface area (Å²) in [7, 11) is 0. The van der Waals surface area contributed by atoms with E-state index in [1.54, 1.807) is 30.3 Å². The predicted octanol–water partition coefficient (Wildman–Crippen LogP) is 3.92. The summed E-state index contributed by atoms with van der Waals surface area (Å²) in [6.07, 6.45) is 1.87. The molecule has 4 rings (SSSR count). The number of nitrogens with one attached hydrogen (secondary N) is 1. The number of aromatic nitrogens is 4. The molecule has 132 valence electrons. The molecule has 0 amide bonds. The second-order valence-electron chi connectivity index (χ2n) is 5.70. The molecule has 0 spiro atoms. The van der Waals surface area contributed by atoms with Gasteiger partial charge in [0.25, 0.3) is 0 Å². The van der Waals surface area contributed by atoms with E-state index in [1.807, 2.05) is 19.1 Å². The number of hydrogen-bond donors (Lipinski definition) is 1. The van der Waals surface area contributed by atoms with Crippen LogP contribution < -0.4 is 10.1 Å². The second-order valence-corrected chi connectivity index (χ2v) is 6.10. The topological polar surface area (TPSA) is 64.9 Å². The van der Waals surface area contributed by atoms with Crippen LogP contribution in [0.15, 0.2) is 48.5 Å². The average molecular weight is 372 g/mol. The minimum Gasteiger partial charge on any atom is -0.492 e. The molecule has 3 aromatic rings. The zero-order chi connectivity index (χ0) is 18.1. The molecule has 0 aliphatic carbocycles. The summed E-state index contributed by atoms with van der Waals surface area (Å²) in [4.78, 5) is 0. The van der Waals surface area contributed by atoms with Crippen LogP contribution in [0.4, 0.5) is 10.3 Å². The molecule has 0 fully saturated rings. The van der Waals surface area contributed by atoms with Crippen LogP contribution in [0.2, 0.25) is 5.02 Å². The lowest BCUT2D eigenvalue weighted by Gasteiger charge is -2.24. The van der Waals surface area contributed by atoms with Crippen LogP contribution in [0.1, 0.15) is 24.1 Å². The van der Waals surface area contributed by atoms with Gasteiger partial charge in [0.2, 0.25) is 5.95 Å². The van der Waals surface area contributed by atoms with Crippen molar-refractivity contribution in [2.24, 2.45) is 0 Å². The zero-order valence-corrected chi connectivity index (χ0v) is 14.6. The Morgan fingerprint density at radius 1 is 1.27 bits per heavy atom. The van der Waals surface area contributed by atoms with Crippen molar-refractivity contribution in [3.8, 4) is 5.75 Å². The first-order valence-corrected chi connectivity index (χ1v) is 8.49. The number of halogens is 2. The Balaban J connectivity index is 1.78. The van der Waals surface area contributed by atoms with Crippen molar-refractivity contribution in [1.82, 2.24) is 20.2 Å². The lowest BCUT2D eigenvalue weighted by Crippen LogP contribution is -2.21. The Morgan fingerprint density at radius 2 is 2.12 bits per heavy atom. The number of allylic oxidation sites excluding steroid dienone is 1. The summed E-state index contributed by atoms with van der Waals surface area (Å²) in [6.45, 7) is 2.43. The number of anilines is 1. The van der Waals surface area contributed by atoms with Gasteiger partial charge in [-0.2, -0.15) is 4.68 Å². The first-order chi connectivity index (χ1) is 12.7. The first kappa shape index (κ1) is 16.5. The van der Waals surface area contributed by atoms with E-state index < -0.39 is 6.04 Å². The van der Waals surface area contributed by atoms with Gasteiger partial charge in [-0.25, -0.2) is 4.39 Å². The van der Waals surface area contributed by atoms with E-state index in [-0.39, 0.29) is 5.82 Å². The van der Waals surface area contributed by atoms with E-state index in [4.69, 9.17) is 16.3 Å². The minimum absolute atomic E-state index is 0.318. The summed E-state index contributed by atoms with van der Waals surface area (Å²) in [5.74, 6) is 0.728. The van der Waals surface area contributed by atoms with Gasteiger partial charge in [0.05, 0.1) is 11.6 Å². The van der Waals surface area contributed by atoms with Crippen LogP contribution in [0.25, 0.3) is 5.70 Å². The summed E-state index contributed by atoms with van der Waals surface area (Å²) >= 11 is 6.30. The normalized spacial score (nSPS) is 15.8. The molecule has 0 saturated heterocycles. The maximum Gasteiger partial charge on any atom is 0.248 e. The first-order valence-electron chi connectivity index (χ1n) is 8.11. The largest absolute Gasteiger partial charge is 0.492 e. The van der Waals surface area contributed by atoms with Crippen molar-refractivity contribution < 1.29 is 9.13 Å². The number of nitrogens with zero attached hydrogens (tertiary/aromatic N) is 4. The van der Waals surface area contributed by atoms with E-state index in [2.05, 4.69) is 20.8 Å². The van der Waals surface area contributed by atoms with E-state index >= 15 is 0 Å². The van der Waals surface area contributed by atoms with Gasteiger partial charge in [0.15, 0.2) is 0 Å². The highest BCUT2D eigenvalue weighted by Crippen LogP contribution is 2.35. The summed E-state index contributed by atoms with van der Waals surface area (Å²) < 4.78 is 21.3. The molecule has 1 aliphatic rings. The van der Waals surface area contributed by atoms with Crippen LogP contribution >= 0.6 is 11.6 Å². The molecule has 1 aromatic heterocycles. The Labute approximate surface area is 154 Å². The lowest BCUT2D eigenvalue weighted by molar-refractivity contribution is 0.340. The predicted molar refractivity (Wildman–Crippen MR) is 96.6 cm³/mol. The van der Waals surface area contributed by atoms with Crippen molar-refractivity contribution in [2.45, 2.75) is 13.0 Å². The Bertz CT molecular complexity index is 987. The quantitative estimate of drug-likeness (QED) is 0.753. The summed E-state index contributed by atoms with van der Waals surface area (Å²) in [5, 5.41) is 15.3. The van der Waals surface area contributed by atoms with Crippen molar-refractivity contribution in [1.29, 1.82) is 0 Å². The highest BCUT2D eigenvalue weighted by Gasteiger charge is 2.26. The number of fused-ring (bicyclic) bond motifs is 1. The average Bonchev–Trinajstić information content (AvgIpc) is 3.12. The van der Waals surface area contributed by atoms with Crippen LogP contribution in [0, 0.1) is 5.82 Å². The van der Waals surface area contributed by atoms with Gasteiger partial charge in [-0.05, 0) is 53.3 Å². The fourth-order valence-electron chi connectivity index (χ4n) is 2.90. The third kappa shape index (κ3) is 2.90. The van der Waals surface area contributed by atoms with Crippen LogP contribution in [0.3, 0.4) is 0 Å². The summed E-state index contributed by atoms with van der Waals surface area (Å²) in [5.41, 5.74) is 2.05. The van der Waals surface area contributed by atoms with Crippen molar-refractivity contribution in [3.05, 3.63) is 70.5 Å². The SMILES string of the molecule is CCOc1ccc(C2=C[C@@H](c3ccccc3F)n3nnnc3N2)cc1Cl. The molecule has 1 aliphatic heterocycles. The van der Waals surface area contributed by atoms with E-state index in [1.165, 1.54) is 10.7 Å². The Kier molecular flexibility index (Phi) is 4.30. The smallest absolute Gasteiger partial charge is 0.248 e. The van der Waals surface area contributed by atoms with Gasteiger partial charge in [-0.15, -0.1) is 0 Å². The molecule has 6 nitrogen and oxygen atoms in total.